The highest BCUT2D eigenvalue weighted by molar-refractivity contribution is 7.90. The number of sulfone groups is 1. The molecule has 23 heavy (non-hydrogen) atoms. The van der Waals surface area contributed by atoms with Crippen molar-refractivity contribution in [3.63, 3.8) is 0 Å². The lowest BCUT2D eigenvalue weighted by Gasteiger charge is -2.13. The summed E-state index contributed by atoms with van der Waals surface area (Å²) in [4.78, 5) is 10.8. The molecule has 4 nitrogen and oxygen atoms in total. The number of carbonyl (C=O) groups is 1. The van der Waals surface area contributed by atoms with E-state index in [-0.39, 0.29) is 11.5 Å². The molecular formula is C18H18O4S. The van der Waals surface area contributed by atoms with Crippen LogP contribution in [0.1, 0.15) is 18.1 Å². The van der Waals surface area contributed by atoms with Crippen LogP contribution >= 0.6 is 0 Å². The molecule has 0 heterocycles. The van der Waals surface area contributed by atoms with E-state index in [1.54, 1.807) is 24.3 Å². The van der Waals surface area contributed by atoms with Crippen LogP contribution in [0.25, 0.3) is 11.1 Å². The van der Waals surface area contributed by atoms with Crippen molar-refractivity contribution < 1.29 is 17.9 Å². The zero-order valence-electron chi connectivity index (χ0n) is 13.0. The molecule has 0 fully saturated rings. The van der Waals surface area contributed by atoms with Crippen molar-refractivity contribution in [1.29, 1.82) is 0 Å². The molecule has 0 aliphatic rings. The second-order valence-electron chi connectivity index (χ2n) is 5.17. The molecule has 0 aliphatic heterocycles. The fourth-order valence-electron chi connectivity index (χ4n) is 2.29. The summed E-state index contributed by atoms with van der Waals surface area (Å²) in [5.74, 6) is 0. The number of hydrogen-bond donors (Lipinski definition) is 0. The van der Waals surface area contributed by atoms with Crippen molar-refractivity contribution in [2.24, 2.45) is 0 Å². The number of benzene rings is 2. The van der Waals surface area contributed by atoms with Gasteiger partial charge in [0.25, 0.3) is 6.47 Å². The Morgan fingerprint density at radius 3 is 2.13 bits per heavy atom. The van der Waals surface area contributed by atoms with Gasteiger partial charge < -0.3 is 4.74 Å². The average Bonchev–Trinajstić information content (AvgIpc) is 2.55. The van der Waals surface area contributed by atoms with Crippen LogP contribution in [0, 0.1) is 0 Å². The molecule has 120 valence electrons. The molecule has 0 aliphatic carbocycles. The average molecular weight is 330 g/mol. The van der Waals surface area contributed by atoms with E-state index in [1.165, 1.54) is 6.26 Å². The zero-order valence-corrected chi connectivity index (χ0v) is 13.8. The van der Waals surface area contributed by atoms with E-state index in [2.05, 4.69) is 0 Å². The molecule has 5 heteroatoms. The zero-order chi connectivity index (χ0) is 16.9. The normalized spacial score (nSPS) is 12.4. The van der Waals surface area contributed by atoms with Crippen LogP contribution in [0.3, 0.4) is 0 Å². The van der Waals surface area contributed by atoms with Crippen LogP contribution in [-0.2, 0) is 19.4 Å². The fraction of sp³-hybridized carbons (Fsp3) is 0.167. The van der Waals surface area contributed by atoms with Gasteiger partial charge in [-0.05, 0) is 35.8 Å². The summed E-state index contributed by atoms with van der Waals surface area (Å²) in [5.41, 5.74) is 3.65. The van der Waals surface area contributed by atoms with Crippen molar-refractivity contribution in [2.75, 3.05) is 12.9 Å². The first-order valence-corrected chi connectivity index (χ1v) is 8.93. The molecule has 0 unspecified atom stereocenters. The van der Waals surface area contributed by atoms with Gasteiger partial charge in [0.1, 0.15) is 6.61 Å². The summed E-state index contributed by atoms with van der Waals surface area (Å²) in [5, 5.41) is 0. The first-order valence-electron chi connectivity index (χ1n) is 7.04. The van der Waals surface area contributed by atoms with Gasteiger partial charge in [-0.3, -0.25) is 4.79 Å². The quantitative estimate of drug-likeness (QED) is 0.603. The van der Waals surface area contributed by atoms with Gasteiger partial charge in [-0.1, -0.05) is 42.5 Å². The van der Waals surface area contributed by atoms with Crippen molar-refractivity contribution in [3.8, 4) is 0 Å². The molecule has 2 rings (SSSR count). The molecule has 0 saturated heterocycles. The van der Waals surface area contributed by atoms with E-state index in [0.29, 0.717) is 6.47 Å². The van der Waals surface area contributed by atoms with Crippen LogP contribution in [-0.4, -0.2) is 27.8 Å². The smallest absolute Gasteiger partial charge is 0.293 e. The number of rotatable bonds is 6. The third kappa shape index (κ3) is 4.29. The summed E-state index contributed by atoms with van der Waals surface area (Å²) in [6.07, 6.45) is 1.17. The molecule has 0 atom stereocenters. The summed E-state index contributed by atoms with van der Waals surface area (Å²) in [6, 6.07) is 16.3. The highest BCUT2D eigenvalue weighted by Gasteiger charge is 2.11. The van der Waals surface area contributed by atoms with Gasteiger partial charge in [0.2, 0.25) is 0 Å². The second-order valence-corrected chi connectivity index (χ2v) is 7.19. The molecule has 0 spiro atoms. The molecule has 0 amide bonds. The molecule has 0 saturated carbocycles. The molecule has 0 bridgehead atoms. The maximum Gasteiger partial charge on any atom is 0.293 e. The minimum atomic E-state index is -3.24. The minimum Gasteiger partial charge on any atom is -0.463 e. The van der Waals surface area contributed by atoms with Crippen molar-refractivity contribution in [2.45, 2.75) is 11.8 Å². The van der Waals surface area contributed by atoms with Crippen LogP contribution in [0.4, 0.5) is 0 Å². The topological polar surface area (TPSA) is 60.4 Å². The molecule has 0 N–H and O–H groups in total. The molecule has 2 aromatic rings. The molecule has 0 radical (unpaired) electrons. The monoisotopic (exact) mass is 330 g/mol. The van der Waals surface area contributed by atoms with Crippen molar-refractivity contribution >= 4 is 27.5 Å². The Labute approximate surface area is 136 Å². The van der Waals surface area contributed by atoms with E-state index in [1.807, 2.05) is 37.3 Å². The van der Waals surface area contributed by atoms with Gasteiger partial charge >= 0.3 is 0 Å². The largest absolute Gasteiger partial charge is 0.463 e. The van der Waals surface area contributed by atoms with Gasteiger partial charge in [-0.25, -0.2) is 8.42 Å². The number of ether oxygens (including phenoxy) is 1. The van der Waals surface area contributed by atoms with Gasteiger partial charge in [0, 0.05) is 11.8 Å². The second kappa shape index (κ2) is 7.24. The Morgan fingerprint density at radius 2 is 1.61 bits per heavy atom. The van der Waals surface area contributed by atoms with Gasteiger partial charge in [0.15, 0.2) is 9.84 Å². The Morgan fingerprint density at radius 1 is 1.00 bits per heavy atom. The number of carbonyl (C=O) groups excluding carboxylic acids is 1. The molecule has 2 aromatic carbocycles. The molecule has 0 aromatic heterocycles. The Balaban J connectivity index is 2.49. The Kier molecular flexibility index (Phi) is 5.34. The third-order valence-electron chi connectivity index (χ3n) is 3.59. The van der Waals surface area contributed by atoms with Gasteiger partial charge in [-0.15, -0.1) is 0 Å². The lowest BCUT2D eigenvalue weighted by molar-refractivity contribution is -0.127. The lowest BCUT2D eigenvalue weighted by Crippen LogP contribution is -2.01. The van der Waals surface area contributed by atoms with E-state index >= 15 is 0 Å². The van der Waals surface area contributed by atoms with Crippen LogP contribution in [0.15, 0.2) is 59.5 Å². The minimum absolute atomic E-state index is 0.127. The van der Waals surface area contributed by atoms with E-state index in [4.69, 9.17) is 4.74 Å². The first kappa shape index (κ1) is 17.0. The van der Waals surface area contributed by atoms with Gasteiger partial charge in [-0.2, -0.15) is 0 Å². The standard InChI is InChI=1S/C18H18O4S/c1-14(15-6-4-3-5-7-15)18(12-22-13-19)16-8-10-17(11-9-16)23(2,20)21/h3-11,13H,12H2,1-2H3/b18-14-. The van der Waals surface area contributed by atoms with Crippen molar-refractivity contribution in [1.82, 2.24) is 0 Å². The molecular weight excluding hydrogens is 312 g/mol. The number of allylic oxidation sites excluding steroid dienone is 1. The van der Waals surface area contributed by atoms with Crippen LogP contribution in [0.2, 0.25) is 0 Å². The summed E-state index contributed by atoms with van der Waals surface area (Å²) in [6.45, 7) is 2.48. The fourth-order valence-corrected chi connectivity index (χ4v) is 2.92. The maximum absolute atomic E-state index is 11.6. The maximum atomic E-state index is 11.6. The summed E-state index contributed by atoms with van der Waals surface area (Å²) in [7, 11) is -3.24. The highest BCUT2D eigenvalue weighted by atomic mass is 32.2. The first-order chi connectivity index (χ1) is 10.9. The summed E-state index contributed by atoms with van der Waals surface area (Å²) < 4.78 is 28.1. The predicted molar refractivity (Wildman–Crippen MR) is 90.5 cm³/mol. The Bertz CT molecular complexity index is 804. The summed E-state index contributed by atoms with van der Waals surface area (Å²) >= 11 is 0. The van der Waals surface area contributed by atoms with Crippen LogP contribution < -0.4 is 0 Å². The number of hydrogen-bond acceptors (Lipinski definition) is 4. The van der Waals surface area contributed by atoms with E-state index < -0.39 is 9.84 Å². The van der Waals surface area contributed by atoms with Gasteiger partial charge in [0.05, 0.1) is 4.90 Å². The van der Waals surface area contributed by atoms with E-state index in [9.17, 15) is 13.2 Å². The Hall–Kier alpha value is -2.40. The highest BCUT2D eigenvalue weighted by Crippen LogP contribution is 2.27. The van der Waals surface area contributed by atoms with Crippen LogP contribution in [0.5, 0.6) is 0 Å². The third-order valence-corrected chi connectivity index (χ3v) is 4.71. The van der Waals surface area contributed by atoms with Crippen molar-refractivity contribution in [3.05, 3.63) is 65.7 Å². The predicted octanol–water partition coefficient (Wildman–Crippen LogP) is 3.19. The van der Waals surface area contributed by atoms with E-state index in [0.717, 1.165) is 22.3 Å². The SMILES string of the molecule is C/C(=C(\COC=O)c1ccc(S(C)(=O)=O)cc1)c1ccccc1. The lowest BCUT2D eigenvalue weighted by atomic mass is 9.96.